The molecule has 1 rings (SSSR count). The lowest BCUT2D eigenvalue weighted by molar-refractivity contribution is -0.119. The molecule has 1 atom stereocenters. The fourth-order valence-corrected chi connectivity index (χ4v) is 1.58. The minimum Gasteiger partial charge on any atom is -0.330 e. The lowest BCUT2D eigenvalue weighted by Crippen LogP contribution is -2.26. The Morgan fingerprint density at radius 1 is 1.62 bits per heavy atom. The minimum atomic E-state index is -0.255. The molecule has 0 fully saturated rings. The molecule has 1 aromatic rings. The van der Waals surface area contributed by atoms with E-state index < -0.39 is 0 Å². The van der Waals surface area contributed by atoms with Crippen molar-refractivity contribution >= 4 is 40.6 Å². The van der Waals surface area contributed by atoms with Crippen LogP contribution in [-0.2, 0) is 4.79 Å². The lowest BCUT2D eigenvalue weighted by Gasteiger charge is -2.06. The van der Waals surface area contributed by atoms with Crippen LogP contribution in [0.15, 0.2) is 5.38 Å². The van der Waals surface area contributed by atoms with Crippen LogP contribution in [0.1, 0.15) is 24.3 Å². The molecule has 0 radical (unpaired) electrons. The maximum atomic E-state index is 11.4. The second-order valence-electron chi connectivity index (χ2n) is 3.22. The maximum absolute atomic E-state index is 11.4. The van der Waals surface area contributed by atoms with Crippen LogP contribution < -0.4 is 11.1 Å². The number of nitrogens with zero attached hydrogens (tertiary/aromatic N) is 1. The van der Waals surface area contributed by atoms with Crippen LogP contribution in [0.5, 0.6) is 0 Å². The molecule has 0 saturated carbocycles. The first kappa shape index (κ1) is 15.0. The zero-order chi connectivity index (χ0) is 11.4. The monoisotopic (exact) mass is 263 g/mol. The molecule has 90 valence electrons. The minimum absolute atomic E-state index is 0. The van der Waals surface area contributed by atoms with Gasteiger partial charge in [-0.05, 0) is 0 Å². The van der Waals surface area contributed by atoms with Crippen molar-refractivity contribution in [1.29, 1.82) is 0 Å². The Bertz CT molecular complexity index is 381. The number of anilines is 1. The van der Waals surface area contributed by atoms with Gasteiger partial charge in [0.2, 0.25) is 5.91 Å². The van der Waals surface area contributed by atoms with Crippen molar-refractivity contribution in [1.82, 2.24) is 4.98 Å². The molecular formula is C9H14ClN3O2S. The van der Waals surface area contributed by atoms with Crippen LogP contribution in [0.25, 0.3) is 0 Å². The highest BCUT2D eigenvalue weighted by Crippen LogP contribution is 2.16. The number of aromatic nitrogens is 1. The molecule has 1 amide bonds. The number of halogens is 1. The lowest BCUT2D eigenvalue weighted by atomic mass is 10.2. The first-order valence-corrected chi connectivity index (χ1v) is 5.40. The van der Waals surface area contributed by atoms with Gasteiger partial charge in [0.1, 0.15) is 5.69 Å². The zero-order valence-electron chi connectivity index (χ0n) is 9.02. The highest BCUT2D eigenvalue weighted by Gasteiger charge is 2.13. The molecule has 3 N–H and O–H groups in total. The smallest absolute Gasteiger partial charge is 0.230 e. The van der Waals surface area contributed by atoms with Gasteiger partial charge in [-0.15, -0.1) is 23.7 Å². The van der Waals surface area contributed by atoms with Crippen molar-refractivity contribution in [3.05, 3.63) is 11.1 Å². The predicted octanol–water partition coefficient (Wildman–Crippen LogP) is 1.30. The van der Waals surface area contributed by atoms with Gasteiger partial charge in [-0.1, -0.05) is 6.92 Å². The summed E-state index contributed by atoms with van der Waals surface area (Å²) in [5.41, 5.74) is 5.72. The molecule has 0 bridgehead atoms. The molecule has 1 unspecified atom stereocenters. The topological polar surface area (TPSA) is 85.1 Å². The Hall–Kier alpha value is -0.980. The van der Waals surface area contributed by atoms with E-state index in [4.69, 9.17) is 5.73 Å². The number of Topliss-reactive ketones (excluding diaryl/α,β-unsaturated/α-hetero) is 1. The van der Waals surface area contributed by atoms with Crippen molar-refractivity contribution in [2.45, 2.75) is 13.8 Å². The summed E-state index contributed by atoms with van der Waals surface area (Å²) >= 11 is 1.23. The van der Waals surface area contributed by atoms with Gasteiger partial charge in [-0.2, -0.15) is 0 Å². The highest BCUT2D eigenvalue weighted by molar-refractivity contribution is 7.14. The summed E-state index contributed by atoms with van der Waals surface area (Å²) in [6, 6.07) is 0. The normalized spacial score (nSPS) is 11.4. The van der Waals surface area contributed by atoms with E-state index in [1.807, 2.05) is 0 Å². The zero-order valence-corrected chi connectivity index (χ0v) is 10.7. The number of nitrogens with one attached hydrogen (secondary N) is 1. The first-order valence-electron chi connectivity index (χ1n) is 4.52. The molecule has 5 nitrogen and oxygen atoms in total. The van der Waals surface area contributed by atoms with Crippen LogP contribution in [0.2, 0.25) is 0 Å². The van der Waals surface area contributed by atoms with Crippen molar-refractivity contribution < 1.29 is 9.59 Å². The molecular weight excluding hydrogens is 250 g/mol. The molecule has 7 heteroatoms. The molecule has 1 heterocycles. The number of nitrogens with two attached hydrogens (primary N) is 1. The van der Waals surface area contributed by atoms with Crippen LogP contribution in [0.4, 0.5) is 5.13 Å². The summed E-state index contributed by atoms with van der Waals surface area (Å²) in [4.78, 5) is 26.3. The standard InChI is InChI=1S/C9H13N3O2S.ClH/c1-5(3-10)8(14)12-9-11-7(4-15-9)6(2)13;/h4-5H,3,10H2,1-2H3,(H,11,12,14);1H. The third kappa shape index (κ3) is 3.88. The molecule has 0 aromatic carbocycles. The summed E-state index contributed by atoms with van der Waals surface area (Å²) in [5.74, 6) is -0.546. The number of rotatable bonds is 4. The number of hydrogen-bond donors (Lipinski definition) is 2. The fourth-order valence-electron chi connectivity index (χ4n) is 0.828. The average molecular weight is 264 g/mol. The summed E-state index contributed by atoms with van der Waals surface area (Å²) in [7, 11) is 0. The Kier molecular flexibility index (Phi) is 6.17. The van der Waals surface area contributed by atoms with Gasteiger partial charge in [-0.25, -0.2) is 4.98 Å². The Morgan fingerprint density at radius 2 is 2.25 bits per heavy atom. The Morgan fingerprint density at radius 3 is 2.69 bits per heavy atom. The number of carbonyl (C=O) groups excluding carboxylic acids is 2. The van der Waals surface area contributed by atoms with Crippen molar-refractivity contribution in [2.75, 3.05) is 11.9 Å². The van der Waals surface area contributed by atoms with E-state index in [1.165, 1.54) is 18.3 Å². The van der Waals surface area contributed by atoms with E-state index in [2.05, 4.69) is 10.3 Å². The number of thiazole rings is 1. The van der Waals surface area contributed by atoms with E-state index in [0.29, 0.717) is 10.8 Å². The van der Waals surface area contributed by atoms with Gasteiger partial charge in [-0.3, -0.25) is 9.59 Å². The maximum Gasteiger partial charge on any atom is 0.230 e. The predicted molar refractivity (Wildman–Crippen MR) is 66.2 cm³/mol. The molecule has 0 saturated heterocycles. The van der Waals surface area contributed by atoms with Gasteiger partial charge < -0.3 is 11.1 Å². The van der Waals surface area contributed by atoms with E-state index in [0.717, 1.165) is 0 Å². The van der Waals surface area contributed by atoms with E-state index in [-0.39, 0.29) is 36.6 Å². The molecule has 0 aliphatic carbocycles. The second-order valence-corrected chi connectivity index (χ2v) is 4.08. The second kappa shape index (κ2) is 6.57. The van der Waals surface area contributed by atoms with Crippen molar-refractivity contribution in [2.24, 2.45) is 11.7 Å². The van der Waals surface area contributed by atoms with E-state index in [1.54, 1.807) is 12.3 Å². The van der Waals surface area contributed by atoms with Gasteiger partial charge in [0.25, 0.3) is 0 Å². The van der Waals surface area contributed by atoms with Gasteiger partial charge in [0.05, 0.1) is 0 Å². The molecule has 0 aliphatic rings. The number of hydrogen-bond acceptors (Lipinski definition) is 5. The Balaban J connectivity index is 0.00000225. The number of ketones is 1. The molecule has 1 aromatic heterocycles. The SMILES string of the molecule is CC(=O)c1csc(NC(=O)C(C)CN)n1.Cl. The van der Waals surface area contributed by atoms with Gasteiger partial charge >= 0.3 is 0 Å². The summed E-state index contributed by atoms with van der Waals surface area (Å²) in [5, 5.41) is 4.66. The van der Waals surface area contributed by atoms with Crippen molar-refractivity contribution in [3.63, 3.8) is 0 Å². The summed E-state index contributed by atoms with van der Waals surface area (Å²) in [6.45, 7) is 3.45. The summed E-state index contributed by atoms with van der Waals surface area (Å²) < 4.78 is 0. The van der Waals surface area contributed by atoms with Crippen LogP contribution in [-0.4, -0.2) is 23.2 Å². The molecule has 0 aliphatic heterocycles. The van der Waals surface area contributed by atoms with Crippen LogP contribution in [0.3, 0.4) is 0 Å². The number of amides is 1. The third-order valence-corrected chi connectivity index (χ3v) is 2.65. The van der Waals surface area contributed by atoms with Crippen molar-refractivity contribution in [3.8, 4) is 0 Å². The van der Waals surface area contributed by atoms with Crippen LogP contribution in [0, 0.1) is 5.92 Å². The van der Waals surface area contributed by atoms with Gasteiger partial charge in [0.15, 0.2) is 10.9 Å². The molecule has 16 heavy (non-hydrogen) atoms. The van der Waals surface area contributed by atoms with Crippen LogP contribution >= 0.6 is 23.7 Å². The Labute approximate surface area is 104 Å². The van der Waals surface area contributed by atoms with E-state index in [9.17, 15) is 9.59 Å². The summed E-state index contributed by atoms with van der Waals surface area (Å²) in [6.07, 6.45) is 0. The molecule has 0 spiro atoms. The first-order chi connectivity index (χ1) is 7.04. The number of carbonyl (C=O) groups is 2. The quantitative estimate of drug-likeness (QED) is 0.802. The van der Waals surface area contributed by atoms with Gasteiger partial charge in [0, 0.05) is 24.8 Å². The third-order valence-electron chi connectivity index (χ3n) is 1.90. The average Bonchev–Trinajstić information content (AvgIpc) is 2.65. The highest BCUT2D eigenvalue weighted by atomic mass is 35.5. The van der Waals surface area contributed by atoms with E-state index >= 15 is 0 Å². The largest absolute Gasteiger partial charge is 0.330 e. The fraction of sp³-hybridized carbons (Fsp3) is 0.444.